The summed E-state index contributed by atoms with van der Waals surface area (Å²) in [6.07, 6.45) is 5.47. The molecule has 106 valence electrons. The van der Waals surface area contributed by atoms with E-state index in [2.05, 4.69) is 5.32 Å². The van der Waals surface area contributed by atoms with E-state index < -0.39 is 10.2 Å². The Morgan fingerprint density at radius 3 is 2.39 bits per heavy atom. The molecule has 2 aliphatic carbocycles. The molecule has 2 rings (SSSR count). The van der Waals surface area contributed by atoms with Crippen LogP contribution < -0.4 is 5.32 Å². The summed E-state index contributed by atoms with van der Waals surface area (Å²) in [5.41, 5.74) is 0. The van der Waals surface area contributed by atoms with Crippen molar-refractivity contribution in [3.05, 3.63) is 0 Å². The first-order valence-corrected chi connectivity index (χ1v) is 8.42. The van der Waals surface area contributed by atoms with Gasteiger partial charge in [-0.15, -0.1) is 0 Å². The van der Waals surface area contributed by atoms with E-state index in [1.54, 1.807) is 11.4 Å². The van der Waals surface area contributed by atoms with E-state index in [9.17, 15) is 8.42 Å². The maximum absolute atomic E-state index is 12.3. The van der Waals surface area contributed by atoms with Crippen LogP contribution in [0.2, 0.25) is 0 Å². The van der Waals surface area contributed by atoms with Gasteiger partial charge in [0.1, 0.15) is 0 Å². The van der Waals surface area contributed by atoms with Crippen molar-refractivity contribution in [3.63, 3.8) is 0 Å². The van der Waals surface area contributed by atoms with Crippen LogP contribution in [0.15, 0.2) is 0 Å². The van der Waals surface area contributed by atoms with Crippen molar-refractivity contribution in [2.24, 2.45) is 0 Å². The second kappa shape index (κ2) is 5.86. The van der Waals surface area contributed by atoms with E-state index in [4.69, 9.17) is 0 Å². The molecule has 2 fully saturated rings. The molecule has 18 heavy (non-hydrogen) atoms. The van der Waals surface area contributed by atoms with Crippen molar-refractivity contribution in [1.82, 2.24) is 13.9 Å². The SMILES string of the molecule is CCN(C1CC1)S(=O)(=O)N(C)CCCNC1CC1. The fraction of sp³-hybridized carbons (Fsp3) is 1.00. The van der Waals surface area contributed by atoms with Gasteiger partial charge in [-0.1, -0.05) is 6.92 Å². The van der Waals surface area contributed by atoms with Crippen LogP contribution in [0.25, 0.3) is 0 Å². The minimum atomic E-state index is -3.23. The second-order valence-electron chi connectivity index (χ2n) is 5.35. The van der Waals surface area contributed by atoms with Crippen molar-refractivity contribution in [3.8, 4) is 0 Å². The van der Waals surface area contributed by atoms with Gasteiger partial charge in [0.15, 0.2) is 0 Å². The smallest absolute Gasteiger partial charge is 0.281 e. The van der Waals surface area contributed by atoms with E-state index in [0.29, 0.717) is 19.1 Å². The molecule has 0 aromatic carbocycles. The van der Waals surface area contributed by atoms with Crippen LogP contribution in [0, 0.1) is 0 Å². The van der Waals surface area contributed by atoms with Gasteiger partial charge < -0.3 is 5.32 Å². The largest absolute Gasteiger partial charge is 0.314 e. The summed E-state index contributed by atoms with van der Waals surface area (Å²) in [7, 11) is -1.54. The van der Waals surface area contributed by atoms with Crippen molar-refractivity contribution >= 4 is 10.2 Å². The lowest BCUT2D eigenvalue weighted by atomic mass is 10.4. The maximum Gasteiger partial charge on any atom is 0.281 e. The predicted molar refractivity (Wildman–Crippen MR) is 72.6 cm³/mol. The number of nitrogens with zero attached hydrogens (tertiary/aromatic N) is 2. The van der Waals surface area contributed by atoms with Crippen molar-refractivity contribution in [2.75, 3.05) is 26.7 Å². The molecule has 2 saturated carbocycles. The highest BCUT2D eigenvalue weighted by molar-refractivity contribution is 7.86. The van der Waals surface area contributed by atoms with Gasteiger partial charge in [0.25, 0.3) is 10.2 Å². The summed E-state index contributed by atoms with van der Waals surface area (Å²) < 4.78 is 27.8. The Bertz CT molecular complexity index is 364. The van der Waals surface area contributed by atoms with Crippen LogP contribution in [0.1, 0.15) is 39.0 Å². The molecule has 0 aromatic rings. The quantitative estimate of drug-likeness (QED) is 0.633. The van der Waals surface area contributed by atoms with Crippen LogP contribution >= 0.6 is 0 Å². The summed E-state index contributed by atoms with van der Waals surface area (Å²) in [5, 5.41) is 3.41. The number of rotatable bonds is 9. The van der Waals surface area contributed by atoms with Crippen molar-refractivity contribution < 1.29 is 8.42 Å². The van der Waals surface area contributed by atoms with Crippen LogP contribution in [0.4, 0.5) is 0 Å². The molecule has 0 aromatic heterocycles. The van der Waals surface area contributed by atoms with E-state index in [1.807, 2.05) is 6.92 Å². The fourth-order valence-electron chi connectivity index (χ4n) is 2.16. The lowest BCUT2D eigenvalue weighted by molar-refractivity contribution is 0.359. The summed E-state index contributed by atoms with van der Waals surface area (Å²) in [4.78, 5) is 0. The molecule has 6 heteroatoms. The van der Waals surface area contributed by atoms with Gasteiger partial charge in [0.2, 0.25) is 0 Å². The van der Waals surface area contributed by atoms with Crippen LogP contribution in [-0.4, -0.2) is 55.8 Å². The highest BCUT2D eigenvalue weighted by atomic mass is 32.2. The molecule has 0 spiro atoms. The third-order valence-electron chi connectivity index (χ3n) is 3.62. The molecule has 0 atom stereocenters. The molecule has 0 heterocycles. The molecule has 0 unspecified atom stereocenters. The Morgan fingerprint density at radius 1 is 1.22 bits per heavy atom. The van der Waals surface area contributed by atoms with Crippen LogP contribution in [-0.2, 0) is 10.2 Å². The first kappa shape index (κ1) is 14.2. The summed E-state index contributed by atoms with van der Waals surface area (Å²) in [6, 6.07) is 0.956. The lowest BCUT2D eigenvalue weighted by Gasteiger charge is -2.26. The molecule has 0 aliphatic heterocycles. The van der Waals surface area contributed by atoms with E-state index >= 15 is 0 Å². The molecule has 1 N–H and O–H groups in total. The molecule has 0 bridgehead atoms. The highest BCUT2D eigenvalue weighted by Gasteiger charge is 2.37. The zero-order valence-electron chi connectivity index (χ0n) is 11.4. The van der Waals surface area contributed by atoms with Gasteiger partial charge in [-0.25, -0.2) is 0 Å². The fourth-order valence-corrected chi connectivity index (χ4v) is 3.79. The Balaban J connectivity index is 1.75. The zero-order chi connectivity index (χ0) is 13.2. The topological polar surface area (TPSA) is 52.7 Å². The Labute approximate surface area is 111 Å². The average molecular weight is 275 g/mol. The molecule has 5 nitrogen and oxygen atoms in total. The van der Waals surface area contributed by atoms with Crippen molar-refractivity contribution in [1.29, 1.82) is 0 Å². The molecule has 0 amide bonds. The molecule has 0 saturated heterocycles. The lowest BCUT2D eigenvalue weighted by Crippen LogP contribution is -2.43. The van der Waals surface area contributed by atoms with Crippen LogP contribution in [0.5, 0.6) is 0 Å². The molecule has 0 radical (unpaired) electrons. The van der Waals surface area contributed by atoms with Gasteiger partial charge >= 0.3 is 0 Å². The Kier molecular flexibility index (Phi) is 4.64. The maximum atomic E-state index is 12.3. The first-order chi connectivity index (χ1) is 8.55. The van der Waals surface area contributed by atoms with E-state index in [1.165, 1.54) is 17.1 Å². The predicted octanol–water partition coefficient (Wildman–Crippen LogP) is 0.789. The number of hydrogen-bond donors (Lipinski definition) is 1. The first-order valence-electron chi connectivity index (χ1n) is 7.02. The Hall–Kier alpha value is -0.170. The normalized spacial score (nSPS) is 20.9. The number of hydrogen-bond acceptors (Lipinski definition) is 3. The third kappa shape index (κ3) is 3.66. The van der Waals surface area contributed by atoms with Crippen LogP contribution in [0.3, 0.4) is 0 Å². The average Bonchev–Trinajstić information content (AvgIpc) is 3.17. The zero-order valence-corrected chi connectivity index (χ0v) is 12.2. The Morgan fingerprint density at radius 2 is 1.89 bits per heavy atom. The van der Waals surface area contributed by atoms with Gasteiger partial charge in [-0.05, 0) is 38.6 Å². The monoisotopic (exact) mass is 275 g/mol. The minimum Gasteiger partial charge on any atom is -0.314 e. The molecule has 2 aliphatic rings. The summed E-state index contributed by atoms with van der Waals surface area (Å²) in [5.74, 6) is 0. The molecular formula is C12H25N3O2S. The minimum absolute atomic E-state index is 0.257. The van der Waals surface area contributed by atoms with E-state index in [0.717, 1.165) is 25.8 Å². The van der Waals surface area contributed by atoms with Gasteiger partial charge in [-0.3, -0.25) is 0 Å². The third-order valence-corrected chi connectivity index (χ3v) is 5.74. The van der Waals surface area contributed by atoms with Gasteiger partial charge in [-0.2, -0.15) is 17.0 Å². The summed E-state index contributed by atoms with van der Waals surface area (Å²) in [6.45, 7) is 4.02. The highest BCUT2D eigenvalue weighted by Crippen LogP contribution is 2.29. The van der Waals surface area contributed by atoms with E-state index in [-0.39, 0.29) is 6.04 Å². The van der Waals surface area contributed by atoms with Gasteiger partial charge in [0.05, 0.1) is 0 Å². The molecular weight excluding hydrogens is 250 g/mol. The standard InChI is InChI=1S/C12H25N3O2S/c1-3-15(12-7-8-12)18(16,17)14(2)10-4-9-13-11-5-6-11/h11-13H,3-10H2,1-2H3. The van der Waals surface area contributed by atoms with Crippen molar-refractivity contribution in [2.45, 2.75) is 51.1 Å². The number of nitrogens with one attached hydrogen (secondary N) is 1. The second-order valence-corrected chi connectivity index (χ2v) is 7.33. The summed E-state index contributed by atoms with van der Waals surface area (Å²) >= 11 is 0. The van der Waals surface area contributed by atoms with Gasteiger partial charge in [0, 0.05) is 32.2 Å².